The molecule has 0 bridgehead atoms. The van der Waals surface area contributed by atoms with Crippen LogP contribution in [0.5, 0.6) is 5.88 Å². The number of carboxylic acid groups (broad SMARTS) is 2. The van der Waals surface area contributed by atoms with E-state index in [2.05, 4.69) is 0 Å². The van der Waals surface area contributed by atoms with Crippen molar-refractivity contribution >= 4 is 35.7 Å². The molecule has 32 heavy (non-hydrogen) atoms. The largest absolute Gasteiger partial charge is 0.494 e. The Morgan fingerprint density at radius 2 is 1.66 bits per heavy atom. The Balaban J connectivity index is 2.59. The number of carbonyl (C=O) groups excluding carboxylic acids is 3. The van der Waals surface area contributed by atoms with Crippen molar-refractivity contribution in [3.8, 4) is 5.88 Å². The summed E-state index contributed by atoms with van der Waals surface area (Å²) in [6, 6.07) is 0. The molecule has 3 amide bonds. The standard InChI is InChI=1S/C20H19N3O9/c1-9-6-13(24)22(7-14(25)26)18(30)11(9)4-3-5-12-10(2)16(17(21)29)20(32)23(19(12)31)8-15(27)28/h3-6,32H,7-8H2,1-2H3,(H2,21,29)(H,25,26)(H,27,28). The van der Waals surface area contributed by atoms with E-state index < -0.39 is 59.8 Å². The highest BCUT2D eigenvalue weighted by atomic mass is 16.4. The van der Waals surface area contributed by atoms with Crippen molar-refractivity contribution < 1.29 is 39.3 Å². The van der Waals surface area contributed by atoms with Gasteiger partial charge in [0.05, 0.1) is 0 Å². The van der Waals surface area contributed by atoms with Gasteiger partial charge in [0.15, 0.2) is 0 Å². The Hall–Kier alpha value is -4.48. The number of imide groups is 1. The van der Waals surface area contributed by atoms with Crippen molar-refractivity contribution in [3.05, 3.63) is 56.4 Å². The van der Waals surface area contributed by atoms with Crippen LogP contribution < -0.4 is 11.3 Å². The second-order valence-electron chi connectivity index (χ2n) is 6.78. The number of hydrogen-bond acceptors (Lipinski definition) is 7. The van der Waals surface area contributed by atoms with E-state index in [-0.39, 0.29) is 22.3 Å². The summed E-state index contributed by atoms with van der Waals surface area (Å²) in [7, 11) is 0. The van der Waals surface area contributed by atoms with E-state index in [4.69, 9.17) is 15.9 Å². The van der Waals surface area contributed by atoms with E-state index in [9.17, 15) is 33.9 Å². The summed E-state index contributed by atoms with van der Waals surface area (Å²) < 4.78 is 0.465. The first-order chi connectivity index (χ1) is 14.9. The molecule has 2 rings (SSSR count). The molecule has 1 aliphatic heterocycles. The van der Waals surface area contributed by atoms with Crippen molar-refractivity contribution in [2.45, 2.75) is 20.4 Å². The zero-order valence-corrected chi connectivity index (χ0v) is 17.0. The van der Waals surface area contributed by atoms with Gasteiger partial charge in [0.1, 0.15) is 18.7 Å². The Morgan fingerprint density at radius 3 is 2.19 bits per heavy atom. The summed E-state index contributed by atoms with van der Waals surface area (Å²) in [5.74, 6) is -6.44. The van der Waals surface area contributed by atoms with Gasteiger partial charge in [-0.25, -0.2) is 0 Å². The number of nitrogens with zero attached hydrogens (tertiary/aromatic N) is 2. The van der Waals surface area contributed by atoms with Gasteiger partial charge in [-0.3, -0.25) is 38.2 Å². The van der Waals surface area contributed by atoms with Gasteiger partial charge in [-0.2, -0.15) is 0 Å². The van der Waals surface area contributed by atoms with Crippen LogP contribution in [0.3, 0.4) is 0 Å². The Morgan fingerprint density at radius 1 is 1.06 bits per heavy atom. The summed E-state index contributed by atoms with van der Waals surface area (Å²) in [4.78, 5) is 71.3. The molecule has 1 aromatic heterocycles. The van der Waals surface area contributed by atoms with Gasteiger partial charge in [-0.15, -0.1) is 0 Å². The predicted octanol–water partition coefficient (Wildman–Crippen LogP) is -0.615. The molecule has 0 radical (unpaired) electrons. The molecule has 0 saturated carbocycles. The highest BCUT2D eigenvalue weighted by Crippen LogP contribution is 2.23. The number of hydrogen-bond donors (Lipinski definition) is 4. The van der Waals surface area contributed by atoms with E-state index in [0.29, 0.717) is 9.47 Å². The summed E-state index contributed by atoms with van der Waals surface area (Å²) in [5, 5.41) is 28.0. The molecule has 5 N–H and O–H groups in total. The minimum absolute atomic E-state index is 0.0128. The monoisotopic (exact) mass is 445 g/mol. The number of carbonyl (C=O) groups is 5. The first-order valence-corrected chi connectivity index (χ1v) is 8.99. The highest BCUT2D eigenvalue weighted by molar-refractivity contribution is 6.15. The number of primary amides is 1. The van der Waals surface area contributed by atoms with E-state index in [0.717, 1.165) is 6.08 Å². The Kier molecular flexibility index (Phi) is 6.78. The molecule has 0 atom stereocenters. The minimum atomic E-state index is -1.45. The maximum absolute atomic E-state index is 12.7. The number of pyridine rings is 1. The number of aliphatic carboxylic acids is 2. The van der Waals surface area contributed by atoms with Crippen LogP contribution in [0, 0.1) is 6.92 Å². The van der Waals surface area contributed by atoms with Crippen LogP contribution in [-0.2, 0) is 25.7 Å². The van der Waals surface area contributed by atoms with E-state index in [1.807, 2.05) is 0 Å². The van der Waals surface area contributed by atoms with Crippen LogP contribution in [0.4, 0.5) is 0 Å². The first-order valence-electron chi connectivity index (χ1n) is 8.99. The van der Waals surface area contributed by atoms with Crippen LogP contribution in [0.15, 0.2) is 34.2 Å². The van der Waals surface area contributed by atoms with Crippen LogP contribution in [0.1, 0.15) is 28.4 Å². The van der Waals surface area contributed by atoms with Gasteiger partial charge in [-0.05, 0) is 37.1 Å². The second kappa shape index (κ2) is 9.12. The zero-order valence-electron chi connectivity index (χ0n) is 17.0. The molecule has 0 aromatic carbocycles. The van der Waals surface area contributed by atoms with Gasteiger partial charge in [-0.1, -0.05) is 6.08 Å². The zero-order chi connectivity index (χ0) is 24.3. The maximum atomic E-state index is 12.7. The fraction of sp³-hybridized carbons (Fsp3) is 0.200. The van der Waals surface area contributed by atoms with Crippen molar-refractivity contribution in [1.29, 1.82) is 0 Å². The smallest absolute Gasteiger partial charge is 0.323 e. The molecule has 1 aromatic rings. The number of aromatic nitrogens is 1. The number of aromatic hydroxyl groups is 1. The van der Waals surface area contributed by atoms with Crippen LogP contribution in [0.2, 0.25) is 0 Å². The Bertz CT molecular complexity index is 1200. The number of carboxylic acids is 2. The van der Waals surface area contributed by atoms with Gasteiger partial charge < -0.3 is 21.1 Å². The van der Waals surface area contributed by atoms with Crippen molar-refractivity contribution in [1.82, 2.24) is 9.47 Å². The molecular weight excluding hydrogens is 426 g/mol. The molecular formula is C20H19N3O9. The van der Waals surface area contributed by atoms with E-state index in [1.165, 1.54) is 32.1 Å². The topological polar surface area (TPSA) is 197 Å². The fourth-order valence-corrected chi connectivity index (χ4v) is 3.10. The summed E-state index contributed by atoms with van der Waals surface area (Å²) in [6.45, 7) is 1.02. The molecule has 0 unspecified atom stereocenters. The number of nitrogens with two attached hydrogens (primary N) is 1. The third-order valence-electron chi connectivity index (χ3n) is 4.60. The van der Waals surface area contributed by atoms with E-state index >= 15 is 0 Å². The average molecular weight is 445 g/mol. The predicted molar refractivity (Wildman–Crippen MR) is 108 cm³/mol. The molecule has 12 heteroatoms. The molecule has 0 aliphatic carbocycles. The fourth-order valence-electron chi connectivity index (χ4n) is 3.10. The van der Waals surface area contributed by atoms with Crippen molar-refractivity contribution in [2.24, 2.45) is 5.73 Å². The van der Waals surface area contributed by atoms with Crippen LogP contribution in [0.25, 0.3) is 6.08 Å². The second-order valence-corrected chi connectivity index (χ2v) is 6.78. The molecule has 2 heterocycles. The molecule has 0 saturated heterocycles. The molecule has 12 nitrogen and oxygen atoms in total. The lowest BCUT2D eigenvalue weighted by Gasteiger charge is -2.23. The average Bonchev–Trinajstić information content (AvgIpc) is 2.66. The lowest BCUT2D eigenvalue weighted by atomic mass is 10.00. The van der Waals surface area contributed by atoms with Gasteiger partial charge in [0.2, 0.25) is 5.88 Å². The van der Waals surface area contributed by atoms with Gasteiger partial charge >= 0.3 is 11.9 Å². The molecule has 168 valence electrons. The van der Waals surface area contributed by atoms with Crippen molar-refractivity contribution in [3.63, 3.8) is 0 Å². The van der Waals surface area contributed by atoms with Crippen molar-refractivity contribution in [2.75, 3.05) is 6.54 Å². The number of amides is 3. The molecule has 1 aliphatic rings. The lowest BCUT2D eigenvalue weighted by molar-refractivity contribution is -0.149. The minimum Gasteiger partial charge on any atom is -0.494 e. The van der Waals surface area contributed by atoms with Crippen LogP contribution in [-0.4, -0.2) is 61.0 Å². The summed E-state index contributed by atoms with van der Waals surface area (Å²) in [6.07, 6.45) is 4.72. The first kappa shape index (κ1) is 23.8. The Labute approximate surface area is 180 Å². The van der Waals surface area contributed by atoms with E-state index in [1.54, 1.807) is 0 Å². The van der Waals surface area contributed by atoms with Gasteiger partial charge in [0, 0.05) is 17.2 Å². The maximum Gasteiger partial charge on any atom is 0.323 e. The number of rotatable bonds is 7. The summed E-state index contributed by atoms with van der Waals surface area (Å²) >= 11 is 0. The lowest BCUT2D eigenvalue weighted by Crippen LogP contribution is -2.43. The number of allylic oxidation sites excluding steroid dienone is 2. The normalized spacial score (nSPS) is 15.4. The summed E-state index contributed by atoms with van der Waals surface area (Å²) in [5.41, 5.74) is 3.94. The van der Waals surface area contributed by atoms with Crippen LogP contribution >= 0.6 is 0 Å². The quantitative estimate of drug-likeness (QED) is 0.312. The third-order valence-corrected chi connectivity index (χ3v) is 4.60. The molecule has 0 spiro atoms. The SMILES string of the molecule is CC1=CC(=O)N(CC(=O)O)C(=O)C1=CC=Cc1c(C)c(C(N)=O)c(O)n(CC(=O)O)c1=O. The highest BCUT2D eigenvalue weighted by Gasteiger charge is 2.30. The van der Waals surface area contributed by atoms with Gasteiger partial charge in [0.25, 0.3) is 23.3 Å². The molecule has 0 fully saturated rings. The third kappa shape index (κ3) is 4.64.